The van der Waals surface area contributed by atoms with Gasteiger partial charge < -0.3 is 10.1 Å². The molecule has 4 nitrogen and oxygen atoms in total. The summed E-state index contributed by atoms with van der Waals surface area (Å²) in [6.07, 6.45) is 1.30. The summed E-state index contributed by atoms with van der Waals surface area (Å²) in [6, 6.07) is 18.8. The molecular formula is C17H14N2O2. The molecule has 0 fully saturated rings. The Bertz CT molecular complexity index is 757. The summed E-state index contributed by atoms with van der Waals surface area (Å²) in [4.78, 5) is 16.0. The minimum atomic E-state index is -0.465. The largest absolute Gasteiger partial charge is 0.412 e. The van der Waals surface area contributed by atoms with Gasteiger partial charge in [-0.05, 0) is 35.9 Å². The minimum absolute atomic E-state index is 0.413. The first-order valence-electron chi connectivity index (χ1n) is 6.66. The monoisotopic (exact) mass is 278 g/mol. The van der Waals surface area contributed by atoms with Crippen LogP contribution in [-0.4, -0.2) is 11.1 Å². The average Bonchev–Trinajstić information content (AvgIpc) is 2.54. The lowest BCUT2D eigenvalue weighted by Gasteiger charge is -2.07. The molecule has 0 spiro atoms. The number of hydrogen-bond acceptors (Lipinski definition) is 3. The highest BCUT2D eigenvalue weighted by Gasteiger charge is 2.04. The fraction of sp³-hybridized carbons (Fsp3) is 0.0588. The molecule has 0 bridgehead atoms. The number of hydrogen-bond donors (Lipinski definition) is 1. The standard InChI is InChI=1S/C17H14N2O2/c20-17(21-15-6-2-1-3-7-15)19-12-13-8-9-16-14(11-13)5-4-10-18-16/h1-11H,12H2,(H,19,20). The van der Waals surface area contributed by atoms with E-state index in [0.29, 0.717) is 12.3 Å². The third kappa shape index (κ3) is 3.36. The third-order valence-electron chi connectivity index (χ3n) is 3.06. The zero-order chi connectivity index (χ0) is 14.5. The van der Waals surface area contributed by atoms with Gasteiger partial charge >= 0.3 is 6.09 Å². The topological polar surface area (TPSA) is 51.2 Å². The van der Waals surface area contributed by atoms with Crippen LogP contribution in [0, 0.1) is 0 Å². The first-order valence-corrected chi connectivity index (χ1v) is 6.66. The van der Waals surface area contributed by atoms with Crippen LogP contribution in [0.25, 0.3) is 10.9 Å². The van der Waals surface area contributed by atoms with Crippen LogP contribution in [0.15, 0.2) is 66.9 Å². The molecule has 0 aliphatic rings. The van der Waals surface area contributed by atoms with Crippen molar-refractivity contribution in [1.82, 2.24) is 10.3 Å². The molecule has 0 saturated carbocycles. The van der Waals surface area contributed by atoms with Gasteiger partial charge in [0.25, 0.3) is 0 Å². The van der Waals surface area contributed by atoms with E-state index >= 15 is 0 Å². The summed E-state index contributed by atoms with van der Waals surface area (Å²) in [6.45, 7) is 0.413. The first kappa shape index (κ1) is 13.1. The number of nitrogens with one attached hydrogen (secondary N) is 1. The number of pyridine rings is 1. The van der Waals surface area contributed by atoms with E-state index in [9.17, 15) is 4.79 Å². The van der Waals surface area contributed by atoms with Crippen LogP contribution in [-0.2, 0) is 6.54 Å². The smallest absolute Gasteiger partial charge is 0.410 e. The summed E-state index contributed by atoms with van der Waals surface area (Å²) < 4.78 is 5.16. The van der Waals surface area contributed by atoms with Crippen LogP contribution in [0.2, 0.25) is 0 Å². The second-order valence-electron chi connectivity index (χ2n) is 4.59. The number of aromatic nitrogens is 1. The summed E-state index contributed by atoms with van der Waals surface area (Å²) in [5, 5.41) is 3.78. The van der Waals surface area contributed by atoms with Gasteiger partial charge in [0.05, 0.1) is 5.52 Å². The Morgan fingerprint density at radius 3 is 2.76 bits per heavy atom. The fourth-order valence-corrected chi connectivity index (χ4v) is 2.04. The number of para-hydroxylation sites is 1. The molecule has 1 amide bonds. The van der Waals surface area contributed by atoms with E-state index in [-0.39, 0.29) is 0 Å². The summed E-state index contributed by atoms with van der Waals surface area (Å²) in [7, 11) is 0. The number of nitrogens with zero attached hydrogens (tertiary/aromatic N) is 1. The van der Waals surface area contributed by atoms with E-state index in [4.69, 9.17) is 4.74 Å². The lowest BCUT2D eigenvalue weighted by Crippen LogP contribution is -2.26. The Labute approximate surface area is 122 Å². The SMILES string of the molecule is O=C(NCc1ccc2ncccc2c1)Oc1ccccc1. The highest BCUT2D eigenvalue weighted by atomic mass is 16.5. The molecule has 0 aliphatic carbocycles. The molecule has 0 unspecified atom stereocenters. The number of benzene rings is 2. The number of carbonyl (C=O) groups excluding carboxylic acids is 1. The quantitative estimate of drug-likeness (QED) is 0.797. The molecule has 3 rings (SSSR count). The van der Waals surface area contributed by atoms with Gasteiger partial charge in [0.1, 0.15) is 5.75 Å². The number of ether oxygens (including phenoxy) is 1. The molecule has 0 saturated heterocycles. The second-order valence-corrected chi connectivity index (χ2v) is 4.59. The average molecular weight is 278 g/mol. The van der Waals surface area contributed by atoms with E-state index in [2.05, 4.69) is 10.3 Å². The van der Waals surface area contributed by atoms with Crippen molar-refractivity contribution in [2.24, 2.45) is 0 Å². The molecule has 0 aliphatic heterocycles. The van der Waals surface area contributed by atoms with E-state index in [1.54, 1.807) is 18.3 Å². The van der Waals surface area contributed by atoms with Crippen LogP contribution < -0.4 is 10.1 Å². The van der Waals surface area contributed by atoms with Crippen molar-refractivity contribution >= 4 is 17.0 Å². The molecule has 4 heteroatoms. The molecule has 0 atom stereocenters. The maximum atomic E-state index is 11.7. The van der Waals surface area contributed by atoms with Gasteiger partial charge in [0.2, 0.25) is 0 Å². The summed E-state index contributed by atoms with van der Waals surface area (Å²) in [5.41, 5.74) is 1.94. The first-order chi connectivity index (χ1) is 10.3. The Morgan fingerprint density at radius 1 is 1.05 bits per heavy atom. The number of rotatable bonds is 3. The van der Waals surface area contributed by atoms with Gasteiger partial charge in [-0.1, -0.05) is 30.3 Å². The molecule has 104 valence electrons. The number of carbonyl (C=O) groups is 1. The number of amides is 1. The zero-order valence-corrected chi connectivity index (χ0v) is 11.3. The van der Waals surface area contributed by atoms with Crippen molar-refractivity contribution < 1.29 is 9.53 Å². The van der Waals surface area contributed by atoms with Crippen LogP contribution in [0.5, 0.6) is 5.75 Å². The minimum Gasteiger partial charge on any atom is -0.410 e. The Morgan fingerprint density at radius 2 is 1.90 bits per heavy atom. The van der Waals surface area contributed by atoms with Crippen LogP contribution in [0.1, 0.15) is 5.56 Å². The van der Waals surface area contributed by atoms with Gasteiger partial charge in [0, 0.05) is 18.1 Å². The Hall–Kier alpha value is -2.88. The van der Waals surface area contributed by atoms with E-state index in [1.165, 1.54) is 0 Å². The van der Waals surface area contributed by atoms with Crippen LogP contribution >= 0.6 is 0 Å². The zero-order valence-electron chi connectivity index (χ0n) is 11.3. The highest BCUT2D eigenvalue weighted by Crippen LogP contribution is 2.13. The summed E-state index contributed by atoms with van der Waals surface area (Å²) >= 11 is 0. The van der Waals surface area contributed by atoms with Crippen molar-refractivity contribution in [3.8, 4) is 5.75 Å². The summed E-state index contributed by atoms with van der Waals surface area (Å²) in [5.74, 6) is 0.526. The van der Waals surface area contributed by atoms with Gasteiger partial charge in [0.15, 0.2) is 0 Å². The van der Waals surface area contributed by atoms with E-state index < -0.39 is 6.09 Å². The van der Waals surface area contributed by atoms with E-state index in [1.807, 2.05) is 48.5 Å². The van der Waals surface area contributed by atoms with Crippen LogP contribution in [0.3, 0.4) is 0 Å². The second kappa shape index (κ2) is 6.05. The molecule has 1 aromatic heterocycles. The highest BCUT2D eigenvalue weighted by molar-refractivity contribution is 5.79. The van der Waals surface area contributed by atoms with Gasteiger partial charge in [-0.3, -0.25) is 4.98 Å². The van der Waals surface area contributed by atoms with Crippen LogP contribution in [0.4, 0.5) is 4.79 Å². The fourth-order valence-electron chi connectivity index (χ4n) is 2.04. The van der Waals surface area contributed by atoms with Gasteiger partial charge in [-0.15, -0.1) is 0 Å². The molecular weight excluding hydrogens is 264 g/mol. The molecule has 2 aromatic carbocycles. The van der Waals surface area contributed by atoms with Gasteiger partial charge in [-0.2, -0.15) is 0 Å². The predicted molar refractivity (Wildman–Crippen MR) is 81.0 cm³/mol. The van der Waals surface area contributed by atoms with Crippen molar-refractivity contribution in [3.05, 3.63) is 72.4 Å². The van der Waals surface area contributed by atoms with E-state index in [0.717, 1.165) is 16.5 Å². The normalized spacial score (nSPS) is 10.3. The van der Waals surface area contributed by atoms with Gasteiger partial charge in [-0.25, -0.2) is 4.79 Å². The molecule has 1 heterocycles. The lowest BCUT2D eigenvalue weighted by atomic mass is 10.1. The maximum Gasteiger partial charge on any atom is 0.412 e. The molecule has 0 radical (unpaired) electrons. The molecule has 1 N–H and O–H groups in total. The predicted octanol–water partition coefficient (Wildman–Crippen LogP) is 3.52. The Balaban J connectivity index is 1.62. The Kier molecular flexibility index (Phi) is 3.78. The van der Waals surface area contributed by atoms with Crippen molar-refractivity contribution in [1.29, 1.82) is 0 Å². The number of fused-ring (bicyclic) bond motifs is 1. The van der Waals surface area contributed by atoms with Crippen molar-refractivity contribution in [3.63, 3.8) is 0 Å². The molecule has 3 aromatic rings. The third-order valence-corrected chi connectivity index (χ3v) is 3.06. The maximum absolute atomic E-state index is 11.7. The lowest BCUT2D eigenvalue weighted by molar-refractivity contribution is 0.200. The van der Waals surface area contributed by atoms with Crippen molar-refractivity contribution in [2.75, 3.05) is 0 Å². The van der Waals surface area contributed by atoms with Crippen molar-refractivity contribution in [2.45, 2.75) is 6.54 Å². The molecule has 21 heavy (non-hydrogen) atoms.